The summed E-state index contributed by atoms with van der Waals surface area (Å²) in [4.78, 5) is 24.0. The van der Waals surface area contributed by atoms with E-state index in [-0.39, 0.29) is 22.9 Å². The topological polar surface area (TPSA) is 69.6 Å². The lowest BCUT2D eigenvalue weighted by Crippen LogP contribution is -2.21. The van der Waals surface area contributed by atoms with Gasteiger partial charge in [-0.15, -0.1) is 0 Å². The summed E-state index contributed by atoms with van der Waals surface area (Å²) in [6.45, 7) is 1.05. The highest BCUT2D eigenvalue weighted by atomic mass is 19.1. The van der Waals surface area contributed by atoms with Crippen molar-refractivity contribution in [3.8, 4) is 5.75 Å². The molecule has 0 radical (unpaired) electrons. The Labute approximate surface area is 144 Å². The molecule has 1 atom stereocenters. The van der Waals surface area contributed by atoms with Crippen LogP contribution in [-0.4, -0.2) is 29.8 Å². The molecule has 1 aromatic carbocycles. The Morgan fingerprint density at radius 2 is 2.24 bits per heavy atom. The largest absolute Gasteiger partial charge is 0.489 e. The summed E-state index contributed by atoms with van der Waals surface area (Å²) >= 11 is 0. The average Bonchev–Trinajstić information content (AvgIpc) is 3.10. The van der Waals surface area contributed by atoms with E-state index in [0.717, 1.165) is 12.8 Å². The molecule has 2 aromatic rings. The van der Waals surface area contributed by atoms with Gasteiger partial charge >= 0.3 is 0 Å². The van der Waals surface area contributed by atoms with Crippen molar-refractivity contribution in [2.45, 2.75) is 18.9 Å². The molecule has 0 spiro atoms. The molecule has 2 heterocycles. The lowest BCUT2D eigenvalue weighted by molar-refractivity contribution is 0.0681. The second kappa shape index (κ2) is 7.48. The number of rotatable bonds is 5. The summed E-state index contributed by atoms with van der Waals surface area (Å²) in [5.41, 5.74) is 0.0999. The predicted molar refractivity (Wildman–Crippen MR) is 90.5 cm³/mol. The lowest BCUT2D eigenvalue weighted by atomic mass is 10.2. The zero-order chi connectivity index (χ0) is 17.8. The Morgan fingerprint density at radius 3 is 2.96 bits per heavy atom. The molecule has 3 rings (SSSR count). The van der Waals surface area contributed by atoms with Gasteiger partial charge in [-0.1, -0.05) is 0 Å². The SMILES string of the molecule is Cn1ccc(C(=O)Nc2cc(F)ccc2OC[C@H]2CCCO2)cc1=O. The molecule has 0 bridgehead atoms. The van der Waals surface area contributed by atoms with E-state index in [1.165, 1.54) is 41.1 Å². The van der Waals surface area contributed by atoms with Gasteiger partial charge in [0.25, 0.3) is 11.5 Å². The summed E-state index contributed by atoms with van der Waals surface area (Å²) in [5, 5.41) is 2.60. The molecular formula is C18H19FN2O4. The number of amides is 1. The number of aryl methyl sites for hydroxylation is 1. The number of benzene rings is 1. The molecule has 0 unspecified atom stereocenters. The predicted octanol–water partition coefficient (Wildman–Crippen LogP) is 2.33. The smallest absolute Gasteiger partial charge is 0.256 e. The van der Waals surface area contributed by atoms with Gasteiger partial charge < -0.3 is 19.4 Å². The van der Waals surface area contributed by atoms with Crippen LogP contribution in [0.2, 0.25) is 0 Å². The van der Waals surface area contributed by atoms with E-state index in [1.807, 2.05) is 0 Å². The number of aromatic nitrogens is 1. The Morgan fingerprint density at radius 1 is 1.40 bits per heavy atom. The van der Waals surface area contributed by atoms with Crippen LogP contribution in [0.4, 0.5) is 10.1 Å². The van der Waals surface area contributed by atoms with Gasteiger partial charge in [-0.25, -0.2) is 4.39 Å². The number of carbonyl (C=O) groups is 1. The Balaban J connectivity index is 1.75. The van der Waals surface area contributed by atoms with E-state index in [4.69, 9.17) is 9.47 Å². The highest BCUT2D eigenvalue weighted by molar-refractivity contribution is 6.04. The minimum Gasteiger partial charge on any atom is -0.489 e. The number of halogens is 1. The van der Waals surface area contributed by atoms with Crippen LogP contribution in [0.15, 0.2) is 41.3 Å². The van der Waals surface area contributed by atoms with Crippen LogP contribution < -0.4 is 15.6 Å². The maximum atomic E-state index is 13.6. The zero-order valence-corrected chi connectivity index (χ0v) is 13.8. The van der Waals surface area contributed by atoms with Crippen LogP contribution >= 0.6 is 0 Å². The van der Waals surface area contributed by atoms with Gasteiger partial charge in [-0.3, -0.25) is 9.59 Å². The van der Waals surface area contributed by atoms with Gasteiger partial charge in [-0.05, 0) is 31.0 Å². The molecule has 0 aliphatic carbocycles. The third-order valence-electron chi connectivity index (χ3n) is 4.01. The van der Waals surface area contributed by atoms with Gasteiger partial charge in [0.05, 0.1) is 11.8 Å². The standard InChI is InChI=1S/C18H19FN2O4/c1-21-7-6-12(9-17(21)22)18(23)20-15-10-13(19)4-5-16(15)25-11-14-3-2-8-24-14/h4-7,9-10,14H,2-3,8,11H2,1H3,(H,20,23)/t14-/m1/s1. The molecule has 1 aliphatic heterocycles. The monoisotopic (exact) mass is 346 g/mol. The summed E-state index contributed by atoms with van der Waals surface area (Å²) in [6, 6.07) is 6.65. The fourth-order valence-electron chi connectivity index (χ4n) is 2.57. The van der Waals surface area contributed by atoms with Crippen molar-refractivity contribution < 1.29 is 18.7 Å². The first-order valence-electron chi connectivity index (χ1n) is 8.05. The molecule has 132 valence electrons. The quantitative estimate of drug-likeness (QED) is 0.902. The van der Waals surface area contributed by atoms with Crippen LogP contribution in [0.1, 0.15) is 23.2 Å². The molecular weight excluding hydrogens is 327 g/mol. The number of nitrogens with one attached hydrogen (secondary N) is 1. The number of pyridine rings is 1. The van der Waals surface area contributed by atoms with Gasteiger partial charge in [-0.2, -0.15) is 0 Å². The zero-order valence-electron chi connectivity index (χ0n) is 13.8. The number of hydrogen-bond acceptors (Lipinski definition) is 4. The summed E-state index contributed by atoms with van der Waals surface area (Å²) in [7, 11) is 1.59. The van der Waals surface area contributed by atoms with E-state index in [9.17, 15) is 14.0 Å². The minimum atomic E-state index is -0.509. The van der Waals surface area contributed by atoms with E-state index in [0.29, 0.717) is 19.0 Å². The second-order valence-electron chi connectivity index (χ2n) is 5.91. The van der Waals surface area contributed by atoms with Crippen LogP contribution in [0.3, 0.4) is 0 Å². The van der Waals surface area contributed by atoms with Crippen LogP contribution in [0, 0.1) is 5.82 Å². The van der Waals surface area contributed by atoms with E-state index in [1.54, 1.807) is 7.05 Å². The van der Waals surface area contributed by atoms with E-state index >= 15 is 0 Å². The van der Waals surface area contributed by atoms with Gasteiger partial charge in [0.1, 0.15) is 18.2 Å². The lowest BCUT2D eigenvalue weighted by Gasteiger charge is -2.15. The molecule has 1 aromatic heterocycles. The minimum absolute atomic E-state index is 0.00532. The van der Waals surface area contributed by atoms with Crippen molar-refractivity contribution >= 4 is 11.6 Å². The third kappa shape index (κ3) is 4.24. The summed E-state index contributed by atoms with van der Waals surface area (Å²) < 4.78 is 26.1. The molecule has 1 N–H and O–H groups in total. The third-order valence-corrected chi connectivity index (χ3v) is 4.01. The van der Waals surface area contributed by atoms with Crippen molar-refractivity contribution in [1.82, 2.24) is 4.57 Å². The fraction of sp³-hybridized carbons (Fsp3) is 0.333. The number of hydrogen-bond donors (Lipinski definition) is 1. The molecule has 6 nitrogen and oxygen atoms in total. The maximum absolute atomic E-state index is 13.6. The molecule has 7 heteroatoms. The molecule has 1 amide bonds. The first-order chi connectivity index (χ1) is 12.0. The normalized spacial score (nSPS) is 16.6. The Kier molecular flexibility index (Phi) is 5.14. The number of nitrogens with zero attached hydrogens (tertiary/aromatic N) is 1. The number of ether oxygens (including phenoxy) is 2. The van der Waals surface area contributed by atoms with E-state index < -0.39 is 11.7 Å². The molecule has 1 saturated heterocycles. The molecule has 25 heavy (non-hydrogen) atoms. The highest BCUT2D eigenvalue weighted by Crippen LogP contribution is 2.27. The van der Waals surface area contributed by atoms with Crippen LogP contribution in [0.5, 0.6) is 5.75 Å². The molecule has 1 aliphatic rings. The molecule has 1 fully saturated rings. The van der Waals surface area contributed by atoms with Crippen LogP contribution in [-0.2, 0) is 11.8 Å². The van der Waals surface area contributed by atoms with Crippen molar-refractivity contribution in [2.24, 2.45) is 7.05 Å². The van der Waals surface area contributed by atoms with E-state index in [2.05, 4.69) is 5.32 Å². The van der Waals surface area contributed by atoms with Gasteiger partial charge in [0.15, 0.2) is 0 Å². The first-order valence-corrected chi connectivity index (χ1v) is 8.05. The average molecular weight is 346 g/mol. The fourth-order valence-corrected chi connectivity index (χ4v) is 2.57. The Hall–Kier alpha value is -2.67. The number of anilines is 1. The van der Waals surface area contributed by atoms with Gasteiger partial charge in [0.2, 0.25) is 0 Å². The summed E-state index contributed by atoms with van der Waals surface area (Å²) in [5.74, 6) is -0.650. The first kappa shape index (κ1) is 17.2. The van der Waals surface area contributed by atoms with Crippen molar-refractivity contribution in [3.63, 3.8) is 0 Å². The van der Waals surface area contributed by atoms with Crippen LogP contribution in [0.25, 0.3) is 0 Å². The Bertz CT molecular complexity index is 828. The highest BCUT2D eigenvalue weighted by Gasteiger charge is 2.18. The molecule has 0 saturated carbocycles. The second-order valence-corrected chi connectivity index (χ2v) is 5.91. The number of carbonyl (C=O) groups excluding carboxylic acids is 1. The maximum Gasteiger partial charge on any atom is 0.256 e. The van der Waals surface area contributed by atoms with Gasteiger partial charge in [0, 0.05) is 37.5 Å². The summed E-state index contributed by atoms with van der Waals surface area (Å²) in [6.07, 6.45) is 3.41. The van der Waals surface area contributed by atoms with Crippen molar-refractivity contribution in [1.29, 1.82) is 0 Å². The van der Waals surface area contributed by atoms with Crippen molar-refractivity contribution in [3.05, 3.63) is 58.3 Å². The van der Waals surface area contributed by atoms with Crippen molar-refractivity contribution in [2.75, 3.05) is 18.5 Å².